The summed E-state index contributed by atoms with van der Waals surface area (Å²) in [6, 6.07) is 0. The largest absolute Gasteiger partial charge is 0.342 e. The highest BCUT2D eigenvalue weighted by Crippen LogP contribution is 2.69. The summed E-state index contributed by atoms with van der Waals surface area (Å²) in [6.45, 7) is 4.40. The van der Waals surface area contributed by atoms with Gasteiger partial charge in [0.25, 0.3) is 0 Å². The number of carbonyl (C=O) groups is 1. The average molecular weight is 297 g/mol. The molecule has 5 rings (SSSR count). The van der Waals surface area contributed by atoms with Crippen molar-refractivity contribution in [3.05, 3.63) is 0 Å². The van der Waals surface area contributed by atoms with Gasteiger partial charge >= 0.3 is 0 Å². The maximum atomic E-state index is 12.8. The molecule has 5 aliphatic rings. The van der Waals surface area contributed by atoms with Crippen molar-refractivity contribution in [3.8, 4) is 0 Å². The number of nitrogens with zero attached hydrogens (tertiary/aromatic N) is 1. The van der Waals surface area contributed by atoms with Crippen LogP contribution in [0.5, 0.6) is 0 Å². The first kappa shape index (κ1) is 13.4. The maximum absolute atomic E-state index is 12.8. The highest BCUT2D eigenvalue weighted by Gasteiger charge is 2.68. The van der Waals surface area contributed by atoms with Crippen LogP contribution in [-0.4, -0.2) is 37.0 Å². The lowest BCUT2D eigenvalue weighted by atomic mass is 9.88. The third-order valence-electron chi connectivity index (χ3n) is 7.04. The summed E-state index contributed by atoms with van der Waals surface area (Å²) in [6.07, 6.45) is 5.53. The van der Waals surface area contributed by atoms with Crippen molar-refractivity contribution < 1.29 is 4.79 Å². The second kappa shape index (κ2) is 4.61. The van der Waals surface area contributed by atoms with Crippen LogP contribution in [-0.2, 0) is 4.79 Å². The zero-order valence-electron chi connectivity index (χ0n) is 12.0. The molecule has 20 heavy (non-hydrogen) atoms. The Morgan fingerprint density at radius 2 is 1.65 bits per heavy atom. The summed E-state index contributed by atoms with van der Waals surface area (Å²) in [5.74, 6) is 6.06. The Labute approximate surface area is 127 Å². The van der Waals surface area contributed by atoms with Crippen molar-refractivity contribution in [1.29, 1.82) is 0 Å². The molecule has 1 amide bonds. The lowest BCUT2D eigenvalue weighted by molar-refractivity contribution is -0.135. The van der Waals surface area contributed by atoms with Crippen molar-refractivity contribution in [1.82, 2.24) is 10.2 Å². The number of amides is 1. The van der Waals surface area contributed by atoms with Crippen molar-refractivity contribution in [2.45, 2.75) is 25.7 Å². The van der Waals surface area contributed by atoms with Crippen LogP contribution < -0.4 is 5.32 Å². The van der Waals surface area contributed by atoms with Crippen LogP contribution in [0.2, 0.25) is 0 Å². The van der Waals surface area contributed by atoms with Crippen molar-refractivity contribution in [2.75, 3.05) is 26.2 Å². The molecule has 112 valence electrons. The summed E-state index contributed by atoms with van der Waals surface area (Å²) in [5.41, 5.74) is 0. The number of nitrogens with one attached hydrogen (secondary N) is 1. The Bertz CT molecular complexity index is 413. The molecule has 2 heterocycles. The van der Waals surface area contributed by atoms with Crippen molar-refractivity contribution in [2.24, 2.45) is 41.4 Å². The number of rotatable bonds is 1. The molecule has 4 heteroatoms. The molecular formula is C16H25ClN2O. The standard InChI is InChI=1S/C16H24N2O.ClH/c19-16(15-13-9-1-2-10(5-9)14(13)15)18-4-3-11-6-17-7-12(11)8-18;/h9-15,17H,1-8H2;1H. The SMILES string of the molecule is Cl.O=C(C1C2C3CCC(C3)C12)N1CCC2CNCC2C1. The summed E-state index contributed by atoms with van der Waals surface area (Å²) in [7, 11) is 0. The van der Waals surface area contributed by atoms with E-state index in [9.17, 15) is 4.79 Å². The van der Waals surface area contributed by atoms with Crippen molar-refractivity contribution >= 4 is 18.3 Å². The Kier molecular flexibility index (Phi) is 3.08. The lowest BCUT2D eigenvalue weighted by Gasteiger charge is -2.35. The molecule has 0 aromatic heterocycles. The van der Waals surface area contributed by atoms with Gasteiger partial charge in [-0.2, -0.15) is 0 Å². The fraction of sp³-hybridized carbons (Fsp3) is 0.938. The van der Waals surface area contributed by atoms with Gasteiger partial charge in [-0.3, -0.25) is 4.79 Å². The monoisotopic (exact) mass is 296 g/mol. The minimum atomic E-state index is 0. The fourth-order valence-corrected chi connectivity index (χ4v) is 6.10. The summed E-state index contributed by atoms with van der Waals surface area (Å²) in [5, 5.41) is 3.49. The van der Waals surface area contributed by atoms with E-state index in [0.29, 0.717) is 11.8 Å². The number of hydrogen-bond acceptors (Lipinski definition) is 2. The minimum absolute atomic E-state index is 0. The third kappa shape index (κ3) is 1.72. The Hall–Kier alpha value is -0.280. The van der Waals surface area contributed by atoms with Gasteiger partial charge in [0.2, 0.25) is 5.91 Å². The Morgan fingerprint density at radius 1 is 0.950 bits per heavy atom. The zero-order valence-corrected chi connectivity index (χ0v) is 12.8. The molecule has 0 radical (unpaired) electrons. The molecule has 0 aromatic carbocycles. The fourth-order valence-electron chi connectivity index (χ4n) is 6.10. The van der Waals surface area contributed by atoms with Gasteiger partial charge in [-0.05, 0) is 74.3 Å². The molecule has 2 bridgehead atoms. The van der Waals surface area contributed by atoms with Gasteiger partial charge in [0.05, 0.1) is 0 Å². The van der Waals surface area contributed by atoms with Crippen LogP contribution >= 0.6 is 12.4 Å². The summed E-state index contributed by atoms with van der Waals surface area (Å²) >= 11 is 0. The summed E-state index contributed by atoms with van der Waals surface area (Å²) in [4.78, 5) is 15.0. The normalized spacial score (nSPS) is 51.4. The van der Waals surface area contributed by atoms with E-state index in [4.69, 9.17) is 0 Å². The van der Waals surface area contributed by atoms with E-state index in [1.807, 2.05) is 0 Å². The smallest absolute Gasteiger partial charge is 0.226 e. The number of halogens is 1. The van der Waals surface area contributed by atoms with Crippen LogP contribution in [0.4, 0.5) is 0 Å². The maximum Gasteiger partial charge on any atom is 0.226 e. The first-order valence-corrected chi connectivity index (χ1v) is 8.32. The highest BCUT2D eigenvalue weighted by atomic mass is 35.5. The molecule has 0 aromatic rings. The Morgan fingerprint density at radius 3 is 2.40 bits per heavy atom. The van der Waals surface area contributed by atoms with Crippen molar-refractivity contribution in [3.63, 3.8) is 0 Å². The second-order valence-corrected chi connectivity index (χ2v) is 7.77. The van der Waals surface area contributed by atoms with E-state index in [1.165, 1.54) is 32.2 Å². The topological polar surface area (TPSA) is 32.3 Å². The predicted molar refractivity (Wildman–Crippen MR) is 79.6 cm³/mol. The Balaban J connectivity index is 0.00000106. The summed E-state index contributed by atoms with van der Waals surface area (Å²) < 4.78 is 0. The molecule has 3 nitrogen and oxygen atoms in total. The van der Waals surface area contributed by atoms with Crippen LogP contribution in [0.15, 0.2) is 0 Å². The van der Waals surface area contributed by atoms with Gasteiger partial charge in [0, 0.05) is 19.0 Å². The average Bonchev–Trinajstić information content (AvgIpc) is 2.84. The molecular weight excluding hydrogens is 272 g/mol. The van der Waals surface area contributed by atoms with Gasteiger partial charge in [0.15, 0.2) is 0 Å². The molecule has 0 spiro atoms. The van der Waals surface area contributed by atoms with Crippen LogP contribution in [0.3, 0.4) is 0 Å². The molecule has 1 N–H and O–H groups in total. The number of hydrogen-bond donors (Lipinski definition) is 1. The molecule has 2 aliphatic heterocycles. The van der Waals surface area contributed by atoms with Crippen LogP contribution in [0.25, 0.3) is 0 Å². The van der Waals surface area contributed by atoms with Gasteiger partial charge in [-0.25, -0.2) is 0 Å². The first-order chi connectivity index (χ1) is 9.33. The van der Waals surface area contributed by atoms with E-state index in [2.05, 4.69) is 10.2 Å². The van der Waals surface area contributed by atoms with Gasteiger partial charge < -0.3 is 10.2 Å². The van der Waals surface area contributed by atoms with E-state index >= 15 is 0 Å². The van der Waals surface area contributed by atoms with E-state index in [-0.39, 0.29) is 12.4 Å². The van der Waals surface area contributed by atoms with E-state index < -0.39 is 0 Å². The van der Waals surface area contributed by atoms with Crippen LogP contribution in [0.1, 0.15) is 25.7 Å². The predicted octanol–water partition coefficient (Wildman–Crippen LogP) is 1.77. The first-order valence-electron chi connectivity index (χ1n) is 8.32. The van der Waals surface area contributed by atoms with E-state index in [0.717, 1.165) is 55.1 Å². The molecule has 3 saturated carbocycles. The van der Waals surface area contributed by atoms with Crippen LogP contribution in [0, 0.1) is 41.4 Å². The zero-order chi connectivity index (χ0) is 12.6. The number of piperidine rings is 1. The molecule has 6 unspecified atom stereocenters. The second-order valence-electron chi connectivity index (χ2n) is 7.77. The van der Waals surface area contributed by atoms with Gasteiger partial charge in [-0.15, -0.1) is 12.4 Å². The quantitative estimate of drug-likeness (QED) is 0.800. The van der Waals surface area contributed by atoms with Gasteiger partial charge in [-0.1, -0.05) is 0 Å². The lowest BCUT2D eigenvalue weighted by Crippen LogP contribution is -2.44. The number of fused-ring (bicyclic) bond motifs is 6. The van der Waals surface area contributed by atoms with Gasteiger partial charge in [0.1, 0.15) is 0 Å². The minimum Gasteiger partial charge on any atom is -0.342 e. The third-order valence-corrected chi connectivity index (χ3v) is 7.04. The number of carbonyl (C=O) groups excluding carboxylic acids is 1. The van der Waals surface area contributed by atoms with E-state index in [1.54, 1.807) is 0 Å². The highest BCUT2D eigenvalue weighted by molar-refractivity contribution is 5.85. The molecule has 5 fully saturated rings. The molecule has 6 atom stereocenters. The molecule has 2 saturated heterocycles. The molecule has 3 aliphatic carbocycles. The number of likely N-dealkylation sites (tertiary alicyclic amines) is 1.